The minimum atomic E-state index is -0.973. The van der Waals surface area contributed by atoms with Gasteiger partial charge in [-0.15, -0.1) is 0 Å². The first-order chi connectivity index (χ1) is 8.63. The Hall–Kier alpha value is -1.75. The van der Waals surface area contributed by atoms with E-state index in [4.69, 9.17) is 14.6 Å². The van der Waals surface area contributed by atoms with Gasteiger partial charge in [-0.05, 0) is 19.5 Å². The summed E-state index contributed by atoms with van der Waals surface area (Å²) in [7, 11) is 3.35. The van der Waals surface area contributed by atoms with Gasteiger partial charge < -0.3 is 19.9 Å². The quantitative estimate of drug-likeness (QED) is 0.773. The van der Waals surface area contributed by atoms with E-state index in [1.165, 1.54) is 7.11 Å². The Bertz CT molecular complexity index is 406. The van der Waals surface area contributed by atoms with Gasteiger partial charge in [-0.1, -0.05) is 19.1 Å². The van der Waals surface area contributed by atoms with Gasteiger partial charge in [0.25, 0.3) is 0 Å². The lowest BCUT2D eigenvalue weighted by Crippen LogP contribution is -2.27. The summed E-state index contributed by atoms with van der Waals surface area (Å²) in [4.78, 5) is 11.0. The van der Waals surface area contributed by atoms with Gasteiger partial charge in [0.1, 0.15) is 0 Å². The molecule has 18 heavy (non-hydrogen) atoms. The fourth-order valence-electron chi connectivity index (χ4n) is 1.64. The summed E-state index contributed by atoms with van der Waals surface area (Å²) >= 11 is 0. The average molecular weight is 253 g/mol. The number of methoxy groups -OCH3 is 1. The number of hydrogen-bond donors (Lipinski definition) is 2. The number of carboxylic acids is 1. The maximum atomic E-state index is 11.0. The van der Waals surface area contributed by atoms with Crippen molar-refractivity contribution in [3.8, 4) is 11.5 Å². The van der Waals surface area contributed by atoms with Crippen LogP contribution in [0.3, 0.4) is 0 Å². The Morgan fingerprint density at radius 2 is 2.22 bits per heavy atom. The smallest absolute Gasteiger partial charge is 0.344 e. The number of benzene rings is 1. The molecule has 100 valence electrons. The molecule has 0 aliphatic heterocycles. The molecule has 0 heterocycles. The van der Waals surface area contributed by atoms with Crippen molar-refractivity contribution in [3.05, 3.63) is 23.8 Å². The second-order valence-electron chi connectivity index (χ2n) is 3.83. The summed E-state index contributed by atoms with van der Waals surface area (Å²) < 4.78 is 10.8. The van der Waals surface area contributed by atoms with Crippen LogP contribution in [0.2, 0.25) is 0 Å². The Balaban J connectivity index is 3.06. The number of carbonyl (C=O) groups is 1. The summed E-state index contributed by atoms with van der Waals surface area (Å²) in [6, 6.07) is 5.48. The summed E-state index contributed by atoms with van der Waals surface area (Å²) in [6.45, 7) is 2.36. The standard InChI is InChI=1S/C13H19NO4/c1-4-10(13(15)16)18-12-9(8-14-2)6-5-7-11(12)17-3/h5-7,10,14H,4,8H2,1-3H3,(H,15,16). The fraction of sp³-hybridized carbons (Fsp3) is 0.462. The van der Waals surface area contributed by atoms with Crippen molar-refractivity contribution in [1.29, 1.82) is 0 Å². The molecule has 1 rings (SSSR count). The topological polar surface area (TPSA) is 67.8 Å². The van der Waals surface area contributed by atoms with Gasteiger partial charge in [0.15, 0.2) is 17.6 Å². The Kier molecular flexibility index (Phi) is 5.45. The van der Waals surface area contributed by atoms with E-state index in [1.807, 2.05) is 19.2 Å². The van der Waals surface area contributed by atoms with E-state index in [9.17, 15) is 4.79 Å². The highest BCUT2D eigenvalue weighted by molar-refractivity contribution is 5.73. The van der Waals surface area contributed by atoms with Crippen molar-refractivity contribution in [3.63, 3.8) is 0 Å². The molecule has 1 aromatic rings. The molecule has 0 saturated heterocycles. The average Bonchev–Trinajstić information content (AvgIpc) is 2.36. The van der Waals surface area contributed by atoms with Crippen molar-refractivity contribution in [2.75, 3.05) is 14.2 Å². The predicted octanol–water partition coefficient (Wildman–Crippen LogP) is 1.66. The molecule has 0 aromatic heterocycles. The summed E-state index contributed by atoms with van der Waals surface area (Å²) in [6.07, 6.45) is -0.469. The molecule has 5 heteroatoms. The molecule has 0 bridgehead atoms. The summed E-state index contributed by atoms with van der Waals surface area (Å²) in [5, 5.41) is 12.1. The number of para-hydroxylation sites is 1. The van der Waals surface area contributed by atoms with Crippen LogP contribution in [0.25, 0.3) is 0 Å². The van der Waals surface area contributed by atoms with Crippen molar-refractivity contribution in [1.82, 2.24) is 5.32 Å². The third-order valence-corrected chi connectivity index (χ3v) is 2.55. The number of nitrogens with one attached hydrogen (secondary N) is 1. The molecule has 0 saturated carbocycles. The largest absolute Gasteiger partial charge is 0.493 e. The maximum Gasteiger partial charge on any atom is 0.344 e. The fourth-order valence-corrected chi connectivity index (χ4v) is 1.64. The van der Waals surface area contributed by atoms with Gasteiger partial charge in [0.2, 0.25) is 0 Å². The van der Waals surface area contributed by atoms with Crippen LogP contribution in [-0.2, 0) is 11.3 Å². The molecular weight excluding hydrogens is 234 g/mol. The van der Waals surface area contributed by atoms with E-state index in [1.54, 1.807) is 13.0 Å². The molecule has 5 nitrogen and oxygen atoms in total. The molecule has 0 aliphatic rings. The summed E-state index contributed by atoms with van der Waals surface area (Å²) in [5.41, 5.74) is 0.872. The van der Waals surface area contributed by atoms with Crippen LogP contribution in [0.15, 0.2) is 18.2 Å². The molecule has 0 aliphatic carbocycles. The maximum absolute atomic E-state index is 11.0. The first-order valence-corrected chi connectivity index (χ1v) is 5.84. The second kappa shape index (κ2) is 6.86. The Labute approximate surface area is 107 Å². The van der Waals surface area contributed by atoms with E-state index in [-0.39, 0.29) is 0 Å². The molecular formula is C13H19NO4. The lowest BCUT2D eigenvalue weighted by molar-refractivity contribution is -0.145. The van der Waals surface area contributed by atoms with Crippen molar-refractivity contribution < 1.29 is 19.4 Å². The first kappa shape index (κ1) is 14.3. The minimum absolute atomic E-state index is 0.395. The van der Waals surface area contributed by atoms with Crippen LogP contribution in [0.4, 0.5) is 0 Å². The second-order valence-corrected chi connectivity index (χ2v) is 3.83. The highest BCUT2D eigenvalue weighted by atomic mass is 16.5. The van der Waals surface area contributed by atoms with Gasteiger partial charge in [0, 0.05) is 12.1 Å². The SMILES string of the molecule is CCC(Oc1c(CNC)cccc1OC)C(=O)O. The van der Waals surface area contributed by atoms with Crippen molar-refractivity contribution in [2.45, 2.75) is 26.0 Å². The molecule has 0 amide bonds. The number of ether oxygens (including phenoxy) is 2. The lowest BCUT2D eigenvalue weighted by Gasteiger charge is -2.18. The van der Waals surface area contributed by atoms with Crippen LogP contribution >= 0.6 is 0 Å². The summed E-state index contributed by atoms with van der Waals surface area (Å²) in [5.74, 6) is 0.0601. The number of aliphatic carboxylic acids is 1. The molecule has 1 aromatic carbocycles. The molecule has 0 radical (unpaired) electrons. The van der Waals surface area contributed by atoms with Crippen molar-refractivity contribution >= 4 is 5.97 Å². The highest BCUT2D eigenvalue weighted by Gasteiger charge is 2.20. The zero-order valence-electron chi connectivity index (χ0n) is 10.9. The first-order valence-electron chi connectivity index (χ1n) is 5.84. The third kappa shape index (κ3) is 3.37. The van der Waals surface area contributed by atoms with Crippen LogP contribution in [0.5, 0.6) is 11.5 Å². The third-order valence-electron chi connectivity index (χ3n) is 2.55. The van der Waals surface area contributed by atoms with E-state index >= 15 is 0 Å². The minimum Gasteiger partial charge on any atom is -0.493 e. The Morgan fingerprint density at radius 1 is 1.50 bits per heavy atom. The number of carboxylic acid groups (broad SMARTS) is 1. The van der Waals surface area contributed by atoms with E-state index < -0.39 is 12.1 Å². The lowest BCUT2D eigenvalue weighted by atomic mass is 10.1. The van der Waals surface area contributed by atoms with Crippen LogP contribution in [0, 0.1) is 0 Å². The Morgan fingerprint density at radius 3 is 2.72 bits per heavy atom. The van der Waals surface area contributed by atoms with Crippen LogP contribution < -0.4 is 14.8 Å². The highest BCUT2D eigenvalue weighted by Crippen LogP contribution is 2.32. The molecule has 1 unspecified atom stereocenters. The molecule has 0 spiro atoms. The molecule has 0 fully saturated rings. The van der Waals surface area contributed by atoms with Gasteiger partial charge in [0.05, 0.1) is 7.11 Å². The monoisotopic (exact) mass is 253 g/mol. The van der Waals surface area contributed by atoms with Gasteiger partial charge in [-0.3, -0.25) is 0 Å². The van der Waals surface area contributed by atoms with E-state index in [0.717, 1.165) is 5.56 Å². The van der Waals surface area contributed by atoms with Crippen molar-refractivity contribution in [2.24, 2.45) is 0 Å². The van der Waals surface area contributed by atoms with Gasteiger partial charge in [-0.2, -0.15) is 0 Å². The zero-order chi connectivity index (χ0) is 13.5. The van der Waals surface area contributed by atoms with Gasteiger partial charge >= 0.3 is 5.97 Å². The van der Waals surface area contributed by atoms with Gasteiger partial charge in [-0.25, -0.2) is 4.79 Å². The zero-order valence-corrected chi connectivity index (χ0v) is 10.9. The number of rotatable bonds is 7. The number of hydrogen-bond acceptors (Lipinski definition) is 4. The van der Waals surface area contributed by atoms with Crippen LogP contribution in [0.1, 0.15) is 18.9 Å². The normalized spacial score (nSPS) is 11.9. The van der Waals surface area contributed by atoms with Crippen LogP contribution in [-0.4, -0.2) is 31.3 Å². The molecule has 2 N–H and O–H groups in total. The van der Waals surface area contributed by atoms with E-state index in [2.05, 4.69) is 5.32 Å². The molecule has 1 atom stereocenters. The van der Waals surface area contributed by atoms with E-state index in [0.29, 0.717) is 24.5 Å². The predicted molar refractivity (Wildman–Crippen MR) is 68.1 cm³/mol.